The normalized spacial score (nSPS) is 24.4. The number of benzene rings is 4. The van der Waals surface area contributed by atoms with Gasteiger partial charge in [0.2, 0.25) is 5.78 Å². The number of ketones is 1. The summed E-state index contributed by atoms with van der Waals surface area (Å²) >= 11 is 0. The Labute approximate surface area is 208 Å². The van der Waals surface area contributed by atoms with Gasteiger partial charge in [-0.05, 0) is 79.1 Å². The van der Waals surface area contributed by atoms with E-state index >= 15 is 0 Å². The summed E-state index contributed by atoms with van der Waals surface area (Å²) in [4.78, 5) is 13.1. The molecule has 0 heterocycles. The van der Waals surface area contributed by atoms with Crippen LogP contribution in [0.4, 0.5) is 0 Å². The number of Topliss-reactive ketones (excluding diaryl/α,β-unsaturated/α-hetero) is 1. The first-order valence-electron chi connectivity index (χ1n) is 12.8. The van der Waals surface area contributed by atoms with E-state index in [0.29, 0.717) is 0 Å². The Morgan fingerprint density at radius 2 is 1.56 bits per heavy atom. The van der Waals surface area contributed by atoms with Crippen molar-refractivity contribution in [3.05, 3.63) is 117 Å². The monoisotopic (exact) mass is 462 g/mol. The van der Waals surface area contributed by atoms with Gasteiger partial charge >= 0.3 is 0 Å². The molecule has 2 heteroatoms. The SMILES string of the molecule is O=C1C(O)=CC=C2CC3=CC=c4c5c(c6ccc7c8c(ccc4c68)Cc4ccccc4-7)C=CC(C12)C35. The molecule has 3 unspecified atom stereocenters. The second kappa shape index (κ2) is 6.33. The minimum Gasteiger partial charge on any atom is -0.504 e. The largest absolute Gasteiger partial charge is 0.504 e. The average Bonchev–Trinajstić information content (AvgIpc) is 2.92. The van der Waals surface area contributed by atoms with Gasteiger partial charge in [-0.3, -0.25) is 4.79 Å². The molecule has 36 heavy (non-hydrogen) atoms. The van der Waals surface area contributed by atoms with Gasteiger partial charge in [-0.2, -0.15) is 0 Å². The number of hydrogen-bond acceptors (Lipinski definition) is 2. The first-order valence-corrected chi connectivity index (χ1v) is 12.8. The second-order valence-corrected chi connectivity index (χ2v) is 10.9. The van der Waals surface area contributed by atoms with Crippen LogP contribution < -0.4 is 5.22 Å². The molecule has 1 N–H and O–H groups in total. The summed E-state index contributed by atoms with van der Waals surface area (Å²) in [6.07, 6.45) is 14.5. The third-order valence-electron chi connectivity index (χ3n) is 9.32. The van der Waals surface area contributed by atoms with Gasteiger partial charge in [-0.1, -0.05) is 90.1 Å². The van der Waals surface area contributed by atoms with E-state index in [9.17, 15) is 9.90 Å². The van der Waals surface area contributed by atoms with E-state index in [-0.39, 0.29) is 29.3 Å². The summed E-state index contributed by atoms with van der Waals surface area (Å²) in [6, 6.07) is 18.1. The zero-order valence-electron chi connectivity index (χ0n) is 19.6. The lowest BCUT2D eigenvalue weighted by Gasteiger charge is -2.44. The molecule has 3 atom stereocenters. The number of carbonyl (C=O) groups excluding carboxylic acids is 1. The van der Waals surface area contributed by atoms with Gasteiger partial charge in [0.15, 0.2) is 5.76 Å². The lowest BCUT2D eigenvalue weighted by molar-refractivity contribution is -0.122. The molecular weight excluding hydrogens is 440 g/mol. The van der Waals surface area contributed by atoms with Gasteiger partial charge in [-0.15, -0.1) is 0 Å². The zero-order valence-corrected chi connectivity index (χ0v) is 19.6. The van der Waals surface area contributed by atoms with Gasteiger partial charge in [0.1, 0.15) is 0 Å². The topological polar surface area (TPSA) is 37.3 Å². The van der Waals surface area contributed by atoms with Crippen LogP contribution in [-0.2, 0) is 11.2 Å². The number of carbonyl (C=O) groups is 1. The molecule has 0 aromatic heterocycles. The fourth-order valence-electron chi connectivity index (χ4n) is 7.90. The molecule has 0 amide bonds. The van der Waals surface area contributed by atoms with Crippen molar-refractivity contribution in [1.29, 1.82) is 0 Å². The Morgan fingerprint density at radius 3 is 2.50 bits per heavy atom. The van der Waals surface area contributed by atoms with Crippen molar-refractivity contribution < 1.29 is 9.90 Å². The van der Waals surface area contributed by atoms with Crippen LogP contribution in [0.1, 0.15) is 34.6 Å². The molecule has 0 bridgehead atoms. The Bertz CT molecular complexity index is 1930. The number of aliphatic hydroxyl groups is 1. The highest BCUT2D eigenvalue weighted by atomic mass is 16.3. The molecule has 170 valence electrons. The molecule has 0 radical (unpaired) electrons. The number of rotatable bonds is 0. The second-order valence-electron chi connectivity index (χ2n) is 10.9. The van der Waals surface area contributed by atoms with Crippen LogP contribution in [0.3, 0.4) is 0 Å². The van der Waals surface area contributed by atoms with Crippen LogP contribution in [0.15, 0.2) is 89.7 Å². The van der Waals surface area contributed by atoms with Crippen LogP contribution in [0.2, 0.25) is 0 Å². The predicted octanol–water partition coefficient (Wildman–Crippen LogP) is 6.70. The Hall–Kier alpha value is -4.17. The first-order chi connectivity index (χ1) is 17.7. The molecule has 1 saturated carbocycles. The number of aliphatic hydroxyl groups excluding tert-OH is 1. The molecule has 9 rings (SSSR count). The quantitative estimate of drug-likeness (QED) is 0.278. The summed E-state index contributed by atoms with van der Waals surface area (Å²) in [6.45, 7) is 0. The van der Waals surface area contributed by atoms with Crippen LogP contribution in [0, 0.1) is 11.8 Å². The maximum absolute atomic E-state index is 13.1. The van der Waals surface area contributed by atoms with Crippen molar-refractivity contribution in [3.63, 3.8) is 0 Å². The molecule has 4 aromatic rings. The third-order valence-corrected chi connectivity index (χ3v) is 9.32. The zero-order chi connectivity index (χ0) is 23.7. The number of fused-ring (bicyclic) bond motifs is 6. The van der Waals surface area contributed by atoms with E-state index < -0.39 is 0 Å². The molecule has 5 aliphatic rings. The first kappa shape index (κ1) is 19.1. The maximum Gasteiger partial charge on any atom is 0.204 e. The van der Waals surface area contributed by atoms with Gasteiger partial charge < -0.3 is 5.11 Å². The highest BCUT2D eigenvalue weighted by Crippen LogP contribution is 2.54. The van der Waals surface area contributed by atoms with Crippen LogP contribution in [-0.4, -0.2) is 10.9 Å². The van der Waals surface area contributed by atoms with E-state index in [1.807, 2.05) is 6.08 Å². The molecule has 0 aliphatic heterocycles. The Balaban J connectivity index is 1.38. The van der Waals surface area contributed by atoms with Crippen LogP contribution in [0.5, 0.6) is 0 Å². The smallest absolute Gasteiger partial charge is 0.204 e. The van der Waals surface area contributed by atoms with Gasteiger partial charge in [0.05, 0.1) is 5.92 Å². The Kier molecular flexibility index (Phi) is 3.35. The highest BCUT2D eigenvalue weighted by Gasteiger charge is 2.46. The van der Waals surface area contributed by atoms with E-state index in [0.717, 1.165) is 18.4 Å². The van der Waals surface area contributed by atoms with Crippen LogP contribution in [0.25, 0.3) is 44.8 Å². The molecular formula is C34H22O2. The van der Waals surface area contributed by atoms with E-state index in [2.05, 4.69) is 72.8 Å². The molecule has 0 spiro atoms. The summed E-state index contributed by atoms with van der Waals surface area (Å²) in [7, 11) is 0. The molecule has 4 aromatic carbocycles. The van der Waals surface area contributed by atoms with Crippen molar-refractivity contribution in [2.24, 2.45) is 11.8 Å². The minimum absolute atomic E-state index is 0.0448. The predicted molar refractivity (Wildman–Crippen MR) is 145 cm³/mol. The van der Waals surface area contributed by atoms with Crippen molar-refractivity contribution in [2.75, 3.05) is 0 Å². The molecule has 1 fully saturated rings. The third kappa shape index (κ3) is 2.13. The van der Waals surface area contributed by atoms with Crippen molar-refractivity contribution in [1.82, 2.24) is 0 Å². The van der Waals surface area contributed by atoms with Crippen LogP contribution >= 0.6 is 0 Å². The highest BCUT2D eigenvalue weighted by molar-refractivity contribution is 6.20. The van der Waals surface area contributed by atoms with Gasteiger partial charge in [-0.25, -0.2) is 0 Å². The maximum atomic E-state index is 13.1. The molecule has 5 aliphatic carbocycles. The lowest BCUT2D eigenvalue weighted by atomic mass is 9.58. The number of allylic oxidation sites excluding steroid dienone is 7. The van der Waals surface area contributed by atoms with E-state index in [1.54, 1.807) is 6.08 Å². The van der Waals surface area contributed by atoms with Gasteiger partial charge in [0, 0.05) is 11.8 Å². The Morgan fingerprint density at radius 1 is 0.722 bits per heavy atom. The van der Waals surface area contributed by atoms with E-state index in [4.69, 9.17) is 0 Å². The summed E-state index contributed by atoms with van der Waals surface area (Å²) in [5, 5.41) is 17.0. The summed E-state index contributed by atoms with van der Waals surface area (Å²) in [5.74, 6) is -0.282. The standard InChI is InChI=1S/C34H22O2/c35-28-14-7-20-16-19-6-9-24-23-8-5-18-15-17-3-1-2-4-21(17)22-10-11-25(32(23)29(18)22)26-12-13-27(30(19)33(24)26)31(20)34(28)36/h1-14,27,30-31,35H,15-16H2. The fourth-order valence-corrected chi connectivity index (χ4v) is 7.90. The molecule has 2 nitrogen and oxygen atoms in total. The van der Waals surface area contributed by atoms with Crippen molar-refractivity contribution in [2.45, 2.75) is 18.8 Å². The average molecular weight is 463 g/mol. The van der Waals surface area contributed by atoms with E-state index in [1.165, 1.54) is 65.7 Å². The van der Waals surface area contributed by atoms with Crippen molar-refractivity contribution in [3.8, 4) is 11.1 Å². The van der Waals surface area contributed by atoms with Crippen molar-refractivity contribution >= 4 is 39.5 Å². The fraction of sp³-hybridized carbons (Fsp3) is 0.147. The van der Waals surface area contributed by atoms with Gasteiger partial charge in [0.25, 0.3) is 0 Å². The summed E-state index contributed by atoms with van der Waals surface area (Å²) in [5.41, 5.74) is 10.7. The lowest BCUT2D eigenvalue weighted by Crippen LogP contribution is -2.40. The number of hydrogen-bond donors (Lipinski definition) is 1. The molecule has 0 saturated heterocycles. The minimum atomic E-state index is -0.268. The summed E-state index contributed by atoms with van der Waals surface area (Å²) < 4.78 is 0.